The Balaban J connectivity index is 2.51. The van der Waals surface area contributed by atoms with Crippen molar-refractivity contribution in [1.82, 2.24) is 9.97 Å². The van der Waals surface area contributed by atoms with Crippen molar-refractivity contribution >= 4 is 22.8 Å². The van der Waals surface area contributed by atoms with Crippen molar-refractivity contribution in [2.45, 2.75) is 0 Å². The van der Waals surface area contributed by atoms with Crippen LogP contribution in [0.4, 0.5) is 10.5 Å². The molecule has 0 saturated carbocycles. The van der Waals surface area contributed by atoms with Gasteiger partial charge >= 0.3 is 6.09 Å². The summed E-state index contributed by atoms with van der Waals surface area (Å²) in [6, 6.07) is 5.13. The summed E-state index contributed by atoms with van der Waals surface area (Å²) in [6.07, 6.45) is 0.444. The van der Waals surface area contributed by atoms with Crippen molar-refractivity contribution in [3.63, 3.8) is 0 Å². The van der Waals surface area contributed by atoms with E-state index in [4.69, 9.17) is 9.84 Å². The number of ether oxygens (including phenoxy) is 1. The second-order valence-electron chi connectivity index (χ2n) is 3.43. The minimum Gasteiger partial charge on any atom is -0.481 e. The van der Waals surface area contributed by atoms with Gasteiger partial charge in [0.15, 0.2) is 0 Å². The number of carbonyl (C=O) groups is 1. The lowest BCUT2D eigenvalue weighted by Gasteiger charge is -2.12. The van der Waals surface area contributed by atoms with Gasteiger partial charge in [0.2, 0.25) is 5.88 Å². The highest BCUT2D eigenvalue weighted by molar-refractivity contribution is 5.88. The van der Waals surface area contributed by atoms with Crippen molar-refractivity contribution in [3.8, 4) is 5.88 Å². The third-order valence-electron chi connectivity index (χ3n) is 2.38. The van der Waals surface area contributed by atoms with Crippen LogP contribution in [0.3, 0.4) is 0 Å². The highest BCUT2D eigenvalue weighted by Crippen LogP contribution is 2.20. The quantitative estimate of drug-likeness (QED) is 0.855. The molecule has 0 saturated heterocycles. The Bertz CT molecular complexity index is 571. The fraction of sp³-hybridized carbons (Fsp3) is 0.182. The molecule has 17 heavy (non-hydrogen) atoms. The number of hydrogen-bond acceptors (Lipinski definition) is 4. The predicted octanol–water partition coefficient (Wildman–Crippen LogP) is 1.75. The second-order valence-corrected chi connectivity index (χ2v) is 3.43. The Labute approximate surface area is 97.5 Å². The van der Waals surface area contributed by atoms with Crippen molar-refractivity contribution < 1.29 is 14.6 Å². The number of fused-ring (bicyclic) bond motifs is 1. The van der Waals surface area contributed by atoms with Gasteiger partial charge in [0.05, 0.1) is 30.0 Å². The molecule has 0 aliphatic carbocycles. The number of carboxylic acid groups (broad SMARTS) is 1. The van der Waals surface area contributed by atoms with Gasteiger partial charge in [0.1, 0.15) is 0 Å². The molecule has 2 aromatic heterocycles. The summed E-state index contributed by atoms with van der Waals surface area (Å²) < 4.78 is 5.00. The van der Waals surface area contributed by atoms with Crippen LogP contribution in [0, 0.1) is 0 Å². The number of hydrogen-bond donors (Lipinski definition) is 1. The zero-order chi connectivity index (χ0) is 12.4. The zero-order valence-electron chi connectivity index (χ0n) is 9.41. The minimum absolute atomic E-state index is 0.464. The van der Waals surface area contributed by atoms with Gasteiger partial charge in [-0.25, -0.2) is 9.78 Å². The summed E-state index contributed by atoms with van der Waals surface area (Å²) in [6.45, 7) is 0. The summed E-state index contributed by atoms with van der Waals surface area (Å²) in [5.74, 6) is 0.467. The first kappa shape index (κ1) is 11.1. The van der Waals surface area contributed by atoms with Gasteiger partial charge in [0, 0.05) is 13.1 Å². The molecule has 1 amide bonds. The molecular weight excluding hydrogens is 222 g/mol. The molecule has 0 bridgehead atoms. The van der Waals surface area contributed by atoms with E-state index in [9.17, 15) is 4.79 Å². The van der Waals surface area contributed by atoms with Crippen molar-refractivity contribution in [2.75, 3.05) is 19.1 Å². The second kappa shape index (κ2) is 4.25. The molecule has 6 heteroatoms. The normalized spacial score (nSPS) is 10.2. The van der Waals surface area contributed by atoms with Crippen LogP contribution in [-0.4, -0.2) is 35.3 Å². The summed E-state index contributed by atoms with van der Waals surface area (Å²) >= 11 is 0. The van der Waals surface area contributed by atoms with Gasteiger partial charge in [-0.2, -0.15) is 0 Å². The molecule has 0 aliphatic heterocycles. The molecule has 0 aliphatic rings. The summed E-state index contributed by atoms with van der Waals surface area (Å²) in [7, 11) is 2.97. The monoisotopic (exact) mass is 233 g/mol. The molecule has 0 aromatic carbocycles. The van der Waals surface area contributed by atoms with E-state index >= 15 is 0 Å². The SMILES string of the molecule is COc1ccc2ncc(N(C)C(=O)O)cc2n1. The Morgan fingerprint density at radius 2 is 2.18 bits per heavy atom. The van der Waals surface area contributed by atoms with Gasteiger partial charge in [-0.15, -0.1) is 0 Å². The molecule has 0 spiro atoms. The Morgan fingerprint density at radius 1 is 1.41 bits per heavy atom. The summed E-state index contributed by atoms with van der Waals surface area (Å²) in [5, 5.41) is 8.86. The summed E-state index contributed by atoms with van der Waals surface area (Å²) in [4.78, 5) is 20.2. The Kier molecular flexibility index (Phi) is 2.78. The van der Waals surface area contributed by atoms with Crippen LogP contribution in [0.25, 0.3) is 11.0 Å². The van der Waals surface area contributed by atoms with Crippen molar-refractivity contribution in [3.05, 3.63) is 24.4 Å². The fourth-order valence-corrected chi connectivity index (χ4v) is 1.38. The first-order valence-electron chi connectivity index (χ1n) is 4.89. The average Bonchev–Trinajstić information content (AvgIpc) is 2.36. The number of rotatable bonds is 2. The number of anilines is 1. The van der Waals surface area contributed by atoms with Gasteiger partial charge < -0.3 is 9.84 Å². The molecule has 2 heterocycles. The average molecular weight is 233 g/mol. The van der Waals surface area contributed by atoms with E-state index in [0.717, 1.165) is 4.90 Å². The standard InChI is InChI=1S/C11H11N3O3/c1-14(11(15)16)7-5-9-8(12-6-7)3-4-10(13-9)17-2/h3-6H,1-2H3,(H,15,16). The molecule has 1 N–H and O–H groups in total. The number of nitrogens with zero attached hydrogens (tertiary/aromatic N) is 3. The fourth-order valence-electron chi connectivity index (χ4n) is 1.38. The molecule has 2 rings (SSSR count). The molecule has 2 aromatic rings. The smallest absolute Gasteiger partial charge is 0.411 e. The van der Waals surface area contributed by atoms with Gasteiger partial charge in [-0.05, 0) is 12.1 Å². The highest BCUT2D eigenvalue weighted by Gasteiger charge is 2.10. The van der Waals surface area contributed by atoms with Crippen LogP contribution in [0.2, 0.25) is 0 Å². The largest absolute Gasteiger partial charge is 0.481 e. The van der Waals surface area contributed by atoms with E-state index in [1.54, 1.807) is 18.2 Å². The molecule has 0 radical (unpaired) electrons. The molecule has 0 unspecified atom stereocenters. The number of methoxy groups -OCH3 is 1. The van der Waals surface area contributed by atoms with Crippen molar-refractivity contribution in [2.24, 2.45) is 0 Å². The van der Waals surface area contributed by atoms with E-state index in [2.05, 4.69) is 9.97 Å². The van der Waals surface area contributed by atoms with Crippen LogP contribution >= 0.6 is 0 Å². The molecule has 6 nitrogen and oxygen atoms in total. The van der Waals surface area contributed by atoms with Crippen LogP contribution < -0.4 is 9.64 Å². The molecule has 0 atom stereocenters. The first-order chi connectivity index (χ1) is 8.11. The number of aromatic nitrogens is 2. The summed E-state index contributed by atoms with van der Waals surface area (Å²) in [5.41, 5.74) is 1.74. The number of pyridine rings is 2. The maximum Gasteiger partial charge on any atom is 0.411 e. The van der Waals surface area contributed by atoms with E-state index in [-0.39, 0.29) is 0 Å². The lowest BCUT2D eigenvalue weighted by molar-refractivity contribution is 0.203. The van der Waals surface area contributed by atoms with Crippen LogP contribution in [-0.2, 0) is 0 Å². The third kappa shape index (κ3) is 2.10. The van der Waals surface area contributed by atoms with Crippen LogP contribution in [0.15, 0.2) is 24.4 Å². The zero-order valence-corrected chi connectivity index (χ0v) is 9.41. The van der Waals surface area contributed by atoms with Crippen LogP contribution in [0.5, 0.6) is 5.88 Å². The maximum absolute atomic E-state index is 10.8. The topological polar surface area (TPSA) is 75.5 Å². The Hall–Kier alpha value is -2.37. The van der Waals surface area contributed by atoms with Gasteiger partial charge in [-0.3, -0.25) is 9.88 Å². The predicted molar refractivity (Wildman–Crippen MR) is 62.5 cm³/mol. The lowest BCUT2D eigenvalue weighted by atomic mass is 10.3. The third-order valence-corrected chi connectivity index (χ3v) is 2.38. The van der Waals surface area contributed by atoms with E-state index in [1.807, 2.05) is 0 Å². The highest BCUT2D eigenvalue weighted by atomic mass is 16.5. The van der Waals surface area contributed by atoms with Gasteiger partial charge in [-0.1, -0.05) is 0 Å². The molecular formula is C11H11N3O3. The number of amides is 1. The van der Waals surface area contributed by atoms with Gasteiger partial charge in [0.25, 0.3) is 0 Å². The first-order valence-corrected chi connectivity index (χ1v) is 4.89. The maximum atomic E-state index is 10.8. The minimum atomic E-state index is -1.05. The van der Waals surface area contributed by atoms with E-state index in [1.165, 1.54) is 20.4 Å². The molecule has 88 valence electrons. The van der Waals surface area contributed by atoms with E-state index < -0.39 is 6.09 Å². The molecule has 0 fully saturated rings. The van der Waals surface area contributed by atoms with E-state index in [0.29, 0.717) is 22.6 Å². The van der Waals surface area contributed by atoms with Crippen LogP contribution in [0.1, 0.15) is 0 Å². The lowest BCUT2D eigenvalue weighted by Crippen LogP contribution is -2.23. The Morgan fingerprint density at radius 3 is 2.82 bits per heavy atom. The van der Waals surface area contributed by atoms with Crippen molar-refractivity contribution in [1.29, 1.82) is 0 Å².